The van der Waals surface area contributed by atoms with E-state index < -0.39 is 5.60 Å². The van der Waals surface area contributed by atoms with Crippen LogP contribution in [-0.4, -0.2) is 48.0 Å². The van der Waals surface area contributed by atoms with Crippen molar-refractivity contribution in [2.45, 2.75) is 95.2 Å². The van der Waals surface area contributed by atoms with Gasteiger partial charge in [-0.2, -0.15) is 0 Å². The smallest absolute Gasteiger partial charge is 0.0679 e. The maximum atomic E-state index is 10.9. The van der Waals surface area contributed by atoms with E-state index >= 15 is 0 Å². The second kappa shape index (κ2) is 8.50. The van der Waals surface area contributed by atoms with Gasteiger partial charge in [0, 0.05) is 12.1 Å². The van der Waals surface area contributed by atoms with Gasteiger partial charge in [-0.3, -0.25) is 4.90 Å². The number of morpholine rings is 1. The number of unbranched alkanes of at least 4 members (excludes halogenated alkanes) is 7. The van der Waals surface area contributed by atoms with Crippen molar-refractivity contribution in [2.24, 2.45) is 0 Å². The molecule has 0 amide bonds. The van der Waals surface area contributed by atoms with Crippen molar-refractivity contribution in [3.63, 3.8) is 0 Å². The number of ether oxygens (including phenoxy) is 1. The second-order valence-electron chi connectivity index (χ2n) is 7.37. The topological polar surface area (TPSA) is 32.7 Å². The van der Waals surface area contributed by atoms with Gasteiger partial charge in [-0.25, -0.2) is 0 Å². The summed E-state index contributed by atoms with van der Waals surface area (Å²) in [7, 11) is 2.19. The molecule has 124 valence electrons. The van der Waals surface area contributed by atoms with Gasteiger partial charge in [-0.05, 0) is 26.3 Å². The van der Waals surface area contributed by atoms with Crippen LogP contribution in [0.3, 0.4) is 0 Å². The average Bonchev–Trinajstić information content (AvgIpc) is 2.44. The third kappa shape index (κ3) is 5.22. The monoisotopic (exact) mass is 297 g/mol. The van der Waals surface area contributed by atoms with Crippen LogP contribution in [0.2, 0.25) is 0 Å². The zero-order chi connectivity index (χ0) is 15.1. The Morgan fingerprint density at radius 2 is 1.48 bits per heavy atom. The number of hydrogen-bond donors (Lipinski definition) is 1. The molecule has 1 N–H and O–H groups in total. The highest BCUT2D eigenvalue weighted by Crippen LogP contribution is 2.36. The number of rotatable bonds is 9. The molecule has 2 heterocycles. The van der Waals surface area contributed by atoms with Crippen molar-refractivity contribution in [2.75, 3.05) is 20.3 Å². The van der Waals surface area contributed by atoms with E-state index in [1.165, 1.54) is 51.4 Å². The first-order chi connectivity index (χ1) is 10.1. The van der Waals surface area contributed by atoms with Gasteiger partial charge >= 0.3 is 0 Å². The molecule has 2 bridgehead atoms. The normalized spacial score (nSPS) is 33.3. The van der Waals surface area contributed by atoms with E-state index in [1.54, 1.807) is 0 Å². The van der Waals surface area contributed by atoms with Crippen LogP contribution >= 0.6 is 0 Å². The molecule has 2 aliphatic rings. The molecule has 0 aliphatic carbocycles. The highest BCUT2D eigenvalue weighted by molar-refractivity contribution is 4.97. The maximum Gasteiger partial charge on any atom is 0.0679 e. The van der Waals surface area contributed by atoms with E-state index in [1.807, 2.05) is 0 Å². The predicted molar refractivity (Wildman–Crippen MR) is 87.6 cm³/mol. The number of aliphatic hydroxyl groups is 1. The highest BCUT2D eigenvalue weighted by atomic mass is 16.5. The number of nitrogens with zero attached hydrogens (tertiary/aromatic N) is 1. The van der Waals surface area contributed by atoms with Crippen molar-refractivity contribution >= 4 is 0 Å². The summed E-state index contributed by atoms with van der Waals surface area (Å²) in [5.41, 5.74) is -0.423. The molecule has 2 aliphatic heterocycles. The lowest BCUT2D eigenvalue weighted by atomic mass is 9.78. The largest absolute Gasteiger partial charge is 0.390 e. The summed E-state index contributed by atoms with van der Waals surface area (Å²) in [6.45, 7) is 3.86. The molecule has 3 heteroatoms. The molecule has 3 nitrogen and oxygen atoms in total. The van der Waals surface area contributed by atoms with E-state index in [9.17, 15) is 5.11 Å². The van der Waals surface area contributed by atoms with E-state index in [2.05, 4.69) is 18.9 Å². The lowest BCUT2D eigenvalue weighted by molar-refractivity contribution is -0.137. The van der Waals surface area contributed by atoms with Gasteiger partial charge in [0.05, 0.1) is 18.8 Å². The van der Waals surface area contributed by atoms with Crippen molar-refractivity contribution in [1.29, 1.82) is 0 Å². The van der Waals surface area contributed by atoms with Gasteiger partial charge in [0.25, 0.3) is 0 Å². The average molecular weight is 297 g/mol. The maximum absolute atomic E-state index is 10.9. The van der Waals surface area contributed by atoms with E-state index in [0.717, 1.165) is 32.5 Å². The Labute approximate surface area is 131 Å². The Bertz CT molecular complexity index is 281. The van der Waals surface area contributed by atoms with Gasteiger partial charge < -0.3 is 9.84 Å². The molecule has 0 spiro atoms. The number of likely N-dealkylation sites (N-methyl/N-ethyl adjacent to an activating group) is 1. The molecule has 2 unspecified atom stereocenters. The molecule has 21 heavy (non-hydrogen) atoms. The van der Waals surface area contributed by atoms with Crippen molar-refractivity contribution in [3.8, 4) is 0 Å². The van der Waals surface area contributed by atoms with E-state index in [4.69, 9.17) is 4.74 Å². The van der Waals surface area contributed by atoms with E-state index in [-0.39, 0.29) is 0 Å². The number of fused-ring (bicyclic) bond motifs is 2. The number of piperidine rings is 1. The summed E-state index contributed by atoms with van der Waals surface area (Å²) in [5.74, 6) is 0. The van der Waals surface area contributed by atoms with Crippen LogP contribution in [0.15, 0.2) is 0 Å². The molecule has 0 aromatic carbocycles. The fourth-order valence-corrected chi connectivity index (χ4v) is 4.03. The summed E-state index contributed by atoms with van der Waals surface area (Å²) in [6, 6.07) is 0.855. The van der Waals surface area contributed by atoms with Crippen molar-refractivity contribution in [3.05, 3.63) is 0 Å². The summed E-state index contributed by atoms with van der Waals surface area (Å²) in [6.07, 6.45) is 13.5. The van der Waals surface area contributed by atoms with Crippen LogP contribution in [0.1, 0.15) is 77.6 Å². The molecule has 2 saturated heterocycles. The highest BCUT2D eigenvalue weighted by Gasteiger charge is 2.43. The Morgan fingerprint density at radius 1 is 0.952 bits per heavy atom. The minimum absolute atomic E-state index is 0.423. The van der Waals surface area contributed by atoms with Crippen molar-refractivity contribution in [1.82, 2.24) is 4.90 Å². The van der Waals surface area contributed by atoms with Crippen LogP contribution in [0.4, 0.5) is 0 Å². The minimum Gasteiger partial charge on any atom is -0.390 e. The first-order valence-corrected chi connectivity index (χ1v) is 9.17. The molecular formula is C18H35NO2. The summed E-state index contributed by atoms with van der Waals surface area (Å²) in [4.78, 5) is 2.42. The summed E-state index contributed by atoms with van der Waals surface area (Å²) in [5, 5.41) is 10.9. The van der Waals surface area contributed by atoms with Gasteiger partial charge in [-0.15, -0.1) is 0 Å². The lowest BCUT2D eigenvalue weighted by Crippen LogP contribution is -2.60. The quantitative estimate of drug-likeness (QED) is 0.658. The van der Waals surface area contributed by atoms with Crippen LogP contribution in [0.25, 0.3) is 0 Å². The van der Waals surface area contributed by atoms with Crippen LogP contribution < -0.4 is 0 Å². The standard InChI is InChI=1S/C18H35NO2/c1-3-4-5-6-7-8-9-10-11-18(20)12-16-14-21-15-17(13-18)19(16)2/h16-17,20H,3-15H2,1-2H3. The fourth-order valence-electron chi connectivity index (χ4n) is 4.03. The molecule has 0 radical (unpaired) electrons. The molecule has 2 atom stereocenters. The first kappa shape index (κ1) is 17.2. The molecule has 2 rings (SSSR count). The van der Waals surface area contributed by atoms with Crippen molar-refractivity contribution < 1.29 is 9.84 Å². The van der Waals surface area contributed by atoms with Gasteiger partial charge in [0.1, 0.15) is 0 Å². The molecule has 2 fully saturated rings. The Hall–Kier alpha value is -0.120. The third-order valence-electron chi connectivity index (χ3n) is 5.50. The third-order valence-corrected chi connectivity index (χ3v) is 5.50. The summed E-state index contributed by atoms with van der Waals surface area (Å²) >= 11 is 0. The van der Waals surface area contributed by atoms with Gasteiger partial charge in [0.2, 0.25) is 0 Å². The molecule has 0 aromatic heterocycles. The van der Waals surface area contributed by atoms with Crippen LogP contribution in [-0.2, 0) is 4.74 Å². The summed E-state index contributed by atoms with van der Waals surface area (Å²) < 4.78 is 5.64. The minimum atomic E-state index is -0.423. The van der Waals surface area contributed by atoms with Crippen LogP contribution in [0.5, 0.6) is 0 Å². The number of hydrogen-bond acceptors (Lipinski definition) is 3. The Morgan fingerprint density at radius 3 is 2.05 bits per heavy atom. The van der Waals surface area contributed by atoms with Gasteiger partial charge in [-0.1, -0.05) is 58.3 Å². The zero-order valence-electron chi connectivity index (χ0n) is 14.1. The van der Waals surface area contributed by atoms with Crippen LogP contribution in [0, 0.1) is 0 Å². The SMILES string of the molecule is CCCCCCCCCCC1(O)CC2COCC(C1)N2C. The lowest BCUT2D eigenvalue weighted by Gasteiger charge is -2.50. The predicted octanol–water partition coefficient (Wildman–Crippen LogP) is 3.74. The fraction of sp³-hybridized carbons (Fsp3) is 1.00. The van der Waals surface area contributed by atoms with E-state index in [0.29, 0.717) is 12.1 Å². The van der Waals surface area contributed by atoms with Gasteiger partial charge in [0.15, 0.2) is 0 Å². The Balaban J connectivity index is 1.59. The second-order valence-corrected chi connectivity index (χ2v) is 7.37. The zero-order valence-corrected chi connectivity index (χ0v) is 14.1. The Kier molecular flexibility index (Phi) is 6.97. The molecular weight excluding hydrogens is 262 g/mol. The first-order valence-electron chi connectivity index (χ1n) is 9.17. The molecule has 0 saturated carbocycles. The molecule has 0 aromatic rings.